The molecule has 4 amide bonds. The van der Waals surface area contributed by atoms with Crippen molar-refractivity contribution in [2.75, 3.05) is 18.9 Å². The van der Waals surface area contributed by atoms with Crippen LogP contribution in [0.5, 0.6) is 0 Å². The molecule has 0 saturated heterocycles. The van der Waals surface area contributed by atoms with Crippen LogP contribution in [0, 0.1) is 0 Å². The molecule has 2 aliphatic rings. The number of carbonyl (C=O) groups is 3. The van der Waals surface area contributed by atoms with E-state index < -0.39 is 27.9 Å². The van der Waals surface area contributed by atoms with Gasteiger partial charge in [0.05, 0.1) is 10.5 Å². The van der Waals surface area contributed by atoms with Gasteiger partial charge in [-0.2, -0.15) is 4.31 Å². The van der Waals surface area contributed by atoms with E-state index in [0.29, 0.717) is 24.0 Å². The summed E-state index contributed by atoms with van der Waals surface area (Å²) in [5.41, 5.74) is 6.48. The minimum Gasteiger partial charge on any atom is -0.351 e. The van der Waals surface area contributed by atoms with Gasteiger partial charge in [-0.3, -0.25) is 19.8 Å². The summed E-state index contributed by atoms with van der Waals surface area (Å²) in [6, 6.07) is 5.13. The third kappa shape index (κ3) is 5.93. The van der Waals surface area contributed by atoms with Gasteiger partial charge in [0.1, 0.15) is 5.00 Å². The number of primary amides is 1. The van der Waals surface area contributed by atoms with Crippen molar-refractivity contribution in [2.45, 2.75) is 75.9 Å². The van der Waals surface area contributed by atoms with Crippen molar-refractivity contribution in [1.82, 2.24) is 14.5 Å². The topological polar surface area (TPSA) is 142 Å². The zero-order valence-electron chi connectivity index (χ0n) is 22.0. The Morgan fingerprint density at radius 3 is 2.34 bits per heavy atom. The molecular weight excluding hydrogens is 526 g/mol. The molecule has 0 atom stereocenters. The van der Waals surface area contributed by atoms with Crippen molar-refractivity contribution in [3.63, 3.8) is 0 Å². The lowest BCUT2D eigenvalue weighted by Crippen LogP contribution is -2.38. The summed E-state index contributed by atoms with van der Waals surface area (Å²) < 4.78 is 27.7. The van der Waals surface area contributed by atoms with Crippen LogP contribution < -0.4 is 16.4 Å². The monoisotopic (exact) mass is 561 g/mol. The number of fused-ring (bicyclic) bond motifs is 1. The van der Waals surface area contributed by atoms with E-state index >= 15 is 0 Å². The molecule has 1 aliphatic heterocycles. The van der Waals surface area contributed by atoms with Gasteiger partial charge in [-0.25, -0.2) is 13.2 Å². The number of imide groups is 1. The van der Waals surface area contributed by atoms with Crippen molar-refractivity contribution in [3.8, 4) is 0 Å². The summed E-state index contributed by atoms with van der Waals surface area (Å²) >= 11 is 1.30. The molecule has 1 fully saturated rings. The van der Waals surface area contributed by atoms with Crippen LogP contribution in [0.3, 0.4) is 0 Å². The van der Waals surface area contributed by atoms with Gasteiger partial charge in [-0.05, 0) is 62.9 Å². The van der Waals surface area contributed by atoms with Crippen LogP contribution in [-0.2, 0) is 23.0 Å². The molecular formula is C26H35N5O5S2. The minimum absolute atomic E-state index is 0.0156. The summed E-state index contributed by atoms with van der Waals surface area (Å²) in [7, 11) is -2.07. The highest BCUT2D eigenvalue weighted by atomic mass is 32.2. The molecule has 1 aromatic carbocycles. The van der Waals surface area contributed by atoms with Gasteiger partial charge in [0.25, 0.3) is 11.8 Å². The molecule has 12 heteroatoms. The number of nitrogens with zero attached hydrogens (tertiary/aromatic N) is 2. The average molecular weight is 562 g/mol. The molecule has 1 saturated carbocycles. The van der Waals surface area contributed by atoms with Gasteiger partial charge in [0.2, 0.25) is 10.0 Å². The Bertz CT molecular complexity index is 1310. The molecule has 38 heavy (non-hydrogen) atoms. The number of sulfonamides is 1. The molecule has 0 bridgehead atoms. The van der Waals surface area contributed by atoms with E-state index in [1.165, 1.54) is 39.9 Å². The molecule has 10 nitrogen and oxygen atoms in total. The summed E-state index contributed by atoms with van der Waals surface area (Å²) in [5.74, 6) is -1.14. The Balaban J connectivity index is 1.55. The molecule has 4 rings (SSSR count). The fourth-order valence-corrected chi connectivity index (χ4v) is 7.81. The number of anilines is 1. The fourth-order valence-electron chi connectivity index (χ4n) is 5.13. The number of nitrogens with two attached hydrogens (primary N) is 1. The van der Waals surface area contributed by atoms with E-state index in [1.807, 2.05) is 0 Å². The third-order valence-corrected chi connectivity index (χ3v) is 10.4. The Kier molecular flexibility index (Phi) is 8.55. The fraction of sp³-hybridized carbons (Fsp3) is 0.500. The van der Waals surface area contributed by atoms with E-state index in [9.17, 15) is 22.8 Å². The maximum absolute atomic E-state index is 13.1. The molecule has 206 valence electrons. The van der Waals surface area contributed by atoms with Crippen LogP contribution in [0.4, 0.5) is 9.80 Å². The first-order valence-corrected chi connectivity index (χ1v) is 15.1. The lowest BCUT2D eigenvalue weighted by atomic mass is 9.96. The van der Waals surface area contributed by atoms with Crippen molar-refractivity contribution in [3.05, 3.63) is 45.8 Å². The normalized spacial score (nSPS) is 16.9. The standard InChI is InChI=1S/C26H35N5O5S2/c1-16(2)31-14-13-20-21(15-31)37-25(22(20)24(33)29-26(27)34)28-23(32)17-9-11-19(12-10-17)38(35,36)30(3)18-7-5-4-6-8-18/h9-12,16,18H,4-8,13-15H2,1-3H3,(H,28,32)(H3,27,29,33,34). The lowest BCUT2D eigenvalue weighted by Gasteiger charge is -2.30. The Labute approximate surface area is 227 Å². The number of benzene rings is 1. The number of nitrogens with one attached hydrogen (secondary N) is 2. The van der Waals surface area contributed by atoms with Gasteiger partial charge in [-0.1, -0.05) is 19.3 Å². The lowest BCUT2D eigenvalue weighted by molar-refractivity contribution is 0.0965. The first kappa shape index (κ1) is 28.2. The molecule has 0 spiro atoms. The molecule has 0 unspecified atom stereocenters. The second kappa shape index (κ2) is 11.5. The van der Waals surface area contributed by atoms with Crippen LogP contribution in [0.1, 0.15) is 77.1 Å². The highest BCUT2D eigenvalue weighted by molar-refractivity contribution is 7.89. The number of rotatable bonds is 7. The van der Waals surface area contributed by atoms with Crippen LogP contribution in [-0.4, -0.2) is 61.1 Å². The van der Waals surface area contributed by atoms with Gasteiger partial charge in [-0.15, -0.1) is 11.3 Å². The maximum atomic E-state index is 13.1. The predicted molar refractivity (Wildman–Crippen MR) is 147 cm³/mol. The third-order valence-electron chi connectivity index (χ3n) is 7.39. The van der Waals surface area contributed by atoms with E-state index in [2.05, 4.69) is 29.4 Å². The SMILES string of the molecule is CC(C)N1CCc2c(sc(NC(=O)c3ccc(S(=O)(=O)N(C)C4CCCCC4)cc3)c2C(=O)NC(N)=O)C1. The van der Waals surface area contributed by atoms with E-state index in [1.54, 1.807) is 7.05 Å². The zero-order chi connectivity index (χ0) is 27.6. The quantitative estimate of drug-likeness (QED) is 0.472. The smallest absolute Gasteiger partial charge is 0.319 e. The number of carbonyl (C=O) groups excluding carboxylic acids is 3. The first-order valence-electron chi connectivity index (χ1n) is 12.9. The molecule has 1 aliphatic carbocycles. The molecule has 4 N–H and O–H groups in total. The van der Waals surface area contributed by atoms with Gasteiger partial charge >= 0.3 is 6.03 Å². The largest absolute Gasteiger partial charge is 0.351 e. The maximum Gasteiger partial charge on any atom is 0.319 e. The summed E-state index contributed by atoms with van der Waals surface area (Å²) in [6.07, 6.45) is 5.46. The minimum atomic E-state index is -3.68. The average Bonchev–Trinajstić information content (AvgIpc) is 3.25. The van der Waals surface area contributed by atoms with Crippen molar-refractivity contribution in [2.24, 2.45) is 5.73 Å². The number of hydrogen-bond donors (Lipinski definition) is 3. The van der Waals surface area contributed by atoms with Crippen molar-refractivity contribution >= 4 is 44.2 Å². The van der Waals surface area contributed by atoms with Gasteiger partial charge in [0.15, 0.2) is 0 Å². The number of amides is 4. The molecule has 1 aromatic heterocycles. The van der Waals surface area contributed by atoms with E-state index in [-0.39, 0.29) is 22.1 Å². The van der Waals surface area contributed by atoms with Crippen LogP contribution in [0.2, 0.25) is 0 Å². The summed E-state index contributed by atoms with van der Waals surface area (Å²) in [6.45, 7) is 5.57. The van der Waals surface area contributed by atoms with Gasteiger partial charge < -0.3 is 11.1 Å². The van der Waals surface area contributed by atoms with Crippen molar-refractivity contribution < 1.29 is 22.8 Å². The van der Waals surface area contributed by atoms with Crippen LogP contribution in [0.15, 0.2) is 29.2 Å². The second-order valence-electron chi connectivity index (χ2n) is 10.1. The number of urea groups is 1. The van der Waals surface area contributed by atoms with Crippen molar-refractivity contribution in [1.29, 1.82) is 0 Å². The van der Waals surface area contributed by atoms with Crippen LogP contribution >= 0.6 is 11.3 Å². The number of thiophene rings is 1. The Hall–Kier alpha value is -2.80. The highest BCUT2D eigenvalue weighted by Crippen LogP contribution is 2.38. The summed E-state index contributed by atoms with van der Waals surface area (Å²) in [4.78, 5) is 40.7. The molecule has 0 radical (unpaired) electrons. The van der Waals surface area contributed by atoms with E-state index in [4.69, 9.17) is 5.73 Å². The molecule has 2 aromatic rings. The zero-order valence-corrected chi connectivity index (χ0v) is 23.6. The first-order chi connectivity index (χ1) is 18.0. The Morgan fingerprint density at radius 2 is 1.74 bits per heavy atom. The van der Waals surface area contributed by atoms with E-state index in [0.717, 1.165) is 49.1 Å². The Morgan fingerprint density at radius 1 is 1.08 bits per heavy atom. The highest BCUT2D eigenvalue weighted by Gasteiger charge is 2.31. The van der Waals surface area contributed by atoms with Gasteiger partial charge in [0, 0.05) is 42.7 Å². The second-order valence-corrected chi connectivity index (χ2v) is 13.2. The number of hydrogen-bond acceptors (Lipinski definition) is 7. The predicted octanol–water partition coefficient (Wildman–Crippen LogP) is 3.53. The van der Waals surface area contributed by atoms with Crippen LogP contribution in [0.25, 0.3) is 0 Å². The summed E-state index contributed by atoms with van der Waals surface area (Å²) in [5, 5.41) is 5.25. The molecule has 2 heterocycles.